The molecule has 0 radical (unpaired) electrons. The van der Waals surface area contributed by atoms with Crippen molar-refractivity contribution in [2.75, 3.05) is 13.2 Å². The van der Waals surface area contributed by atoms with Crippen molar-refractivity contribution in [2.24, 2.45) is 5.73 Å². The Morgan fingerprint density at radius 1 is 1.33 bits per heavy atom. The van der Waals surface area contributed by atoms with E-state index in [1.54, 1.807) is 0 Å². The van der Waals surface area contributed by atoms with Crippen LogP contribution in [0.25, 0.3) is 0 Å². The van der Waals surface area contributed by atoms with Gasteiger partial charge in [0.15, 0.2) is 0 Å². The second kappa shape index (κ2) is 8.15. The van der Waals surface area contributed by atoms with Gasteiger partial charge in [0.05, 0.1) is 0 Å². The minimum Gasteiger partial charge on any atom is -0.396 e. The van der Waals surface area contributed by atoms with Crippen LogP contribution >= 0.6 is 0 Å². The van der Waals surface area contributed by atoms with Crippen molar-refractivity contribution in [3.8, 4) is 0 Å². The summed E-state index contributed by atoms with van der Waals surface area (Å²) < 4.78 is 0. The lowest BCUT2D eigenvalue weighted by atomic mass is 9.90. The number of carbonyl (C=O) groups excluding carboxylic acids is 1. The Morgan fingerprint density at radius 2 is 2.05 bits per heavy atom. The van der Waals surface area contributed by atoms with Crippen LogP contribution in [-0.4, -0.2) is 35.1 Å². The molecule has 1 atom stereocenters. The van der Waals surface area contributed by atoms with Crippen LogP contribution < -0.4 is 5.73 Å². The fourth-order valence-corrected chi connectivity index (χ4v) is 2.74. The fraction of sp³-hybridized carbons (Fsp3) is 0.588. The summed E-state index contributed by atoms with van der Waals surface area (Å²) in [4.78, 5) is 14.4. The van der Waals surface area contributed by atoms with E-state index in [2.05, 4.69) is 0 Å². The van der Waals surface area contributed by atoms with Gasteiger partial charge in [0.1, 0.15) is 0 Å². The van der Waals surface area contributed by atoms with E-state index in [0.717, 1.165) is 18.4 Å². The van der Waals surface area contributed by atoms with Crippen molar-refractivity contribution in [3.63, 3.8) is 0 Å². The maximum atomic E-state index is 12.4. The van der Waals surface area contributed by atoms with Crippen LogP contribution in [0.15, 0.2) is 30.3 Å². The summed E-state index contributed by atoms with van der Waals surface area (Å²) in [6.45, 7) is 0.806. The standard InChI is InChI=1S/C17H26N2O2/c18-16(14-6-2-1-3-7-14)10-11-17(21)19(12-5-13-20)15-8-4-9-15/h1-3,6-7,15-16,20H,4-5,8-13,18H2. The molecule has 1 aromatic carbocycles. The van der Waals surface area contributed by atoms with Crippen molar-refractivity contribution >= 4 is 5.91 Å². The molecule has 21 heavy (non-hydrogen) atoms. The Labute approximate surface area is 126 Å². The molecule has 1 aliphatic rings. The van der Waals surface area contributed by atoms with E-state index >= 15 is 0 Å². The van der Waals surface area contributed by atoms with Crippen molar-refractivity contribution in [1.82, 2.24) is 4.90 Å². The predicted octanol–water partition coefficient (Wildman–Crippen LogP) is 2.23. The molecule has 0 aromatic heterocycles. The van der Waals surface area contributed by atoms with Gasteiger partial charge in [0.25, 0.3) is 0 Å². The summed E-state index contributed by atoms with van der Waals surface area (Å²) in [6.07, 6.45) is 5.22. The molecule has 1 aliphatic carbocycles. The van der Waals surface area contributed by atoms with Crippen LogP contribution in [-0.2, 0) is 4.79 Å². The number of aliphatic hydroxyl groups excluding tert-OH is 1. The Kier molecular flexibility index (Phi) is 6.21. The summed E-state index contributed by atoms with van der Waals surface area (Å²) in [6, 6.07) is 10.2. The molecule has 1 amide bonds. The smallest absolute Gasteiger partial charge is 0.222 e. The van der Waals surface area contributed by atoms with Gasteiger partial charge in [-0.1, -0.05) is 30.3 Å². The first-order chi connectivity index (χ1) is 10.2. The highest BCUT2D eigenvalue weighted by Gasteiger charge is 2.28. The van der Waals surface area contributed by atoms with E-state index in [4.69, 9.17) is 10.8 Å². The molecule has 4 nitrogen and oxygen atoms in total. The molecule has 1 unspecified atom stereocenters. The molecule has 1 saturated carbocycles. The molecule has 0 aliphatic heterocycles. The Morgan fingerprint density at radius 3 is 2.62 bits per heavy atom. The molecule has 0 saturated heterocycles. The maximum Gasteiger partial charge on any atom is 0.222 e. The average Bonchev–Trinajstić information content (AvgIpc) is 2.47. The Hall–Kier alpha value is -1.39. The number of hydrogen-bond donors (Lipinski definition) is 2. The molecule has 3 N–H and O–H groups in total. The van der Waals surface area contributed by atoms with E-state index in [-0.39, 0.29) is 18.6 Å². The highest BCUT2D eigenvalue weighted by atomic mass is 16.3. The van der Waals surface area contributed by atoms with Crippen LogP contribution in [0.4, 0.5) is 0 Å². The second-order valence-corrected chi connectivity index (χ2v) is 5.80. The SMILES string of the molecule is NC(CCC(=O)N(CCCO)C1CCC1)c1ccccc1. The van der Waals surface area contributed by atoms with Crippen molar-refractivity contribution in [3.05, 3.63) is 35.9 Å². The van der Waals surface area contributed by atoms with Crippen molar-refractivity contribution < 1.29 is 9.90 Å². The highest BCUT2D eigenvalue weighted by Crippen LogP contribution is 2.26. The Bertz CT molecular complexity index is 432. The van der Waals surface area contributed by atoms with Gasteiger partial charge in [-0.15, -0.1) is 0 Å². The number of nitrogens with two attached hydrogens (primary N) is 1. The minimum absolute atomic E-state index is 0.0868. The van der Waals surface area contributed by atoms with Gasteiger partial charge in [-0.3, -0.25) is 4.79 Å². The van der Waals surface area contributed by atoms with E-state index in [0.29, 0.717) is 31.8 Å². The quantitative estimate of drug-likeness (QED) is 0.771. The number of hydrogen-bond acceptors (Lipinski definition) is 3. The van der Waals surface area contributed by atoms with Crippen LogP contribution in [0.1, 0.15) is 50.1 Å². The first kappa shape index (κ1) is 16.0. The number of rotatable bonds is 8. The zero-order valence-electron chi connectivity index (χ0n) is 12.6. The topological polar surface area (TPSA) is 66.6 Å². The fourth-order valence-electron chi connectivity index (χ4n) is 2.74. The molecule has 0 heterocycles. The predicted molar refractivity (Wildman–Crippen MR) is 83.7 cm³/mol. The van der Waals surface area contributed by atoms with Crippen LogP contribution in [0.5, 0.6) is 0 Å². The van der Waals surface area contributed by atoms with E-state index < -0.39 is 0 Å². The number of amides is 1. The number of benzene rings is 1. The van der Waals surface area contributed by atoms with Crippen LogP contribution in [0.2, 0.25) is 0 Å². The normalized spacial score (nSPS) is 16.3. The van der Waals surface area contributed by atoms with Crippen LogP contribution in [0.3, 0.4) is 0 Å². The lowest BCUT2D eigenvalue weighted by molar-refractivity contribution is -0.135. The van der Waals surface area contributed by atoms with Gasteiger partial charge in [0.2, 0.25) is 5.91 Å². The molecule has 1 aromatic rings. The van der Waals surface area contributed by atoms with Gasteiger partial charge < -0.3 is 15.7 Å². The average molecular weight is 290 g/mol. The molecular formula is C17H26N2O2. The van der Waals surface area contributed by atoms with Crippen molar-refractivity contribution in [2.45, 2.75) is 50.6 Å². The number of aliphatic hydroxyl groups is 1. The first-order valence-electron chi connectivity index (χ1n) is 7.93. The first-order valence-corrected chi connectivity index (χ1v) is 7.93. The zero-order valence-corrected chi connectivity index (χ0v) is 12.6. The third kappa shape index (κ3) is 4.55. The van der Waals surface area contributed by atoms with E-state index in [1.807, 2.05) is 35.2 Å². The molecule has 2 rings (SSSR count). The summed E-state index contributed by atoms with van der Waals surface area (Å²) in [5.74, 6) is 0.180. The third-order valence-corrected chi connectivity index (χ3v) is 4.29. The monoisotopic (exact) mass is 290 g/mol. The minimum atomic E-state index is -0.0868. The molecule has 0 spiro atoms. The lowest BCUT2D eigenvalue weighted by Gasteiger charge is -2.38. The third-order valence-electron chi connectivity index (χ3n) is 4.29. The molecular weight excluding hydrogens is 264 g/mol. The number of carbonyl (C=O) groups is 1. The second-order valence-electron chi connectivity index (χ2n) is 5.80. The highest BCUT2D eigenvalue weighted by molar-refractivity contribution is 5.76. The summed E-state index contributed by atoms with van der Waals surface area (Å²) in [5.41, 5.74) is 7.23. The largest absolute Gasteiger partial charge is 0.396 e. The van der Waals surface area contributed by atoms with Gasteiger partial charge in [-0.2, -0.15) is 0 Å². The summed E-state index contributed by atoms with van der Waals surface area (Å²) in [7, 11) is 0. The Balaban J connectivity index is 1.83. The number of nitrogens with zero attached hydrogens (tertiary/aromatic N) is 1. The van der Waals surface area contributed by atoms with E-state index in [9.17, 15) is 4.79 Å². The molecule has 0 bridgehead atoms. The van der Waals surface area contributed by atoms with Gasteiger partial charge in [-0.05, 0) is 37.7 Å². The summed E-state index contributed by atoms with van der Waals surface area (Å²) >= 11 is 0. The van der Waals surface area contributed by atoms with E-state index in [1.165, 1.54) is 6.42 Å². The zero-order chi connectivity index (χ0) is 15.1. The van der Waals surface area contributed by atoms with Gasteiger partial charge >= 0.3 is 0 Å². The molecule has 1 fully saturated rings. The summed E-state index contributed by atoms with van der Waals surface area (Å²) in [5, 5.41) is 8.98. The van der Waals surface area contributed by atoms with Gasteiger partial charge in [-0.25, -0.2) is 0 Å². The molecule has 4 heteroatoms. The maximum absolute atomic E-state index is 12.4. The molecule has 116 valence electrons. The lowest BCUT2D eigenvalue weighted by Crippen LogP contribution is -2.45. The van der Waals surface area contributed by atoms with Crippen LogP contribution in [0, 0.1) is 0 Å². The van der Waals surface area contributed by atoms with Crippen molar-refractivity contribution in [1.29, 1.82) is 0 Å². The van der Waals surface area contributed by atoms with Gasteiger partial charge in [0, 0.05) is 31.7 Å².